The Balaban J connectivity index is 1.36. The monoisotopic (exact) mass is 418 g/mol. The highest BCUT2D eigenvalue weighted by molar-refractivity contribution is 5.93. The van der Waals surface area contributed by atoms with Gasteiger partial charge in [0.05, 0.1) is 36.7 Å². The molecule has 7 nitrogen and oxygen atoms in total. The predicted octanol–water partition coefficient (Wildman–Crippen LogP) is 2.03. The number of nitrogens with zero attached hydrogens (tertiary/aromatic N) is 4. The zero-order valence-corrected chi connectivity index (χ0v) is 18.0. The minimum absolute atomic E-state index is 0.00105. The van der Waals surface area contributed by atoms with Crippen molar-refractivity contribution >= 4 is 11.8 Å². The van der Waals surface area contributed by atoms with Gasteiger partial charge in [0.2, 0.25) is 11.8 Å². The van der Waals surface area contributed by atoms with E-state index in [4.69, 9.17) is 4.74 Å². The first-order valence-electron chi connectivity index (χ1n) is 10.6. The van der Waals surface area contributed by atoms with Gasteiger partial charge in [0, 0.05) is 19.8 Å². The Bertz CT molecular complexity index is 1070. The van der Waals surface area contributed by atoms with Crippen molar-refractivity contribution < 1.29 is 14.3 Å². The number of carbonyl (C=O) groups is 2. The van der Waals surface area contributed by atoms with E-state index >= 15 is 0 Å². The van der Waals surface area contributed by atoms with E-state index in [9.17, 15) is 9.59 Å². The lowest BCUT2D eigenvalue weighted by Gasteiger charge is -2.27. The van der Waals surface area contributed by atoms with Crippen molar-refractivity contribution in [1.82, 2.24) is 19.8 Å². The highest BCUT2D eigenvalue weighted by atomic mass is 16.5. The molecule has 31 heavy (non-hydrogen) atoms. The van der Waals surface area contributed by atoms with Crippen molar-refractivity contribution in [3.8, 4) is 0 Å². The van der Waals surface area contributed by atoms with Crippen LogP contribution in [0.15, 0.2) is 48.9 Å². The molecule has 1 aromatic heterocycles. The molecule has 2 fully saturated rings. The van der Waals surface area contributed by atoms with E-state index in [1.54, 1.807) is 24.2 Å². The summed E-state index contributed by atoms with van der Waals surface area (Å²) in [5.74, 6) is -1.07. The molecular weight excluding hydrogens is 392 g/mol. The number of ether oxygens (including phenoxy) is 1. The average Bonchev–Trinajstić information content (AvgIpc) is 3.39. The molecule has 2 unspecified atom stereocenters. The molecule has 7 heteroatoms. The molecule has 1 aromatic carbocycles. The second-order valence-corrected chi connectivity index (χ2v) is 8.91. The molecular formula is C24H26N4O3. The molecule has 2 saturated heterocycles. The van der Waals surface area contributed by atoms with E-state index in [2.05, 4.69) is 42.0 Å². The van der Waals surface area contributed by atoms with Crippen molar-refractivity contribution in [2.75, 3.05) is 13.6 Å². The van der Waals surface area contributed by atoms with Crippen LogP contribution < -0.4 is 0 Å². The minimum atomic E-state index is -0.697. The summed E-state index contributed by atoms with van der Waals surface area (Å²) in [7, 11) is 1.75. The molecule has 0 N–H and O–H groups in total. The molecule has 3 aliphatic heterocycles. The largest absolute Gasteiger partial charge is 0.360 e. The fraction of sp³-hybridized carbons (Fsp3) is 0.417. The molecule has 2 aromatic rings. The van der Waals surface area contributed by atoms with E-state index in [-0.39, 0.29) is 17.9 Å². The van der Waals surface area contributed by atoms with Gasteiger partial charge >= 0.3 is 0 Å². The summed E-state index contributed by atoms with van der Waals surface area (Å²) in [6.07, 6.45) is 6.72. The third-order valence-corrected chi connectivity index (χ3v) is 6.83. The second kappa shape index (κ2) is 7.27. The van der Waals surface area contributed by atoms with Crippen molar-refractivity contribution in [3.05, 3.63) is 71.3 Å². The molecule has 4 atom stereocenters. The predicted molar refractivity (Wildman–Crippen MR) is 114 cm³/mol. The molecule has 2 bridgehead atoms. The van der Waals surface area contributed by atoms with Gasteiger partial charge in [0.25, 0.3) is 0 Å². The average molecular weight is 418 g/mol. The Labute approximate surface area is 181 Å². The number of likely N-dealkylation sites (tertiary alicyclic amines) is 1. The molecule has 5 rings (SSSR count). The van der Waals surface area contributed by atoms with Gasteiger partial charge in [0.1, 0.15) is 11.9 Å². The van der Waals surface area contributed by atoms with Crippen LogP contribution in [0.1, 0.15) is 22.4 Å². The van der Waals surface area contributed by atoms with Crippen molar-refractivity contribution in [1.29, 1.82) is 0 Å². The molecule has 0 radical (unpaired) electrons. The first-order chi connectivity index (χ1) is 14.9. The van der Waals surface area contributed by atoms with E-state index < -0.39 is 17.4 Å². The molecule has 1 spiro atoms. The standard InChI is InChI=1S/C24H26N4O3/c1-15-4-5-17(10-16(15)2)11-28-13-24-8-6-19(31-24)20(21(24)23(28)30)22(29)27(3)12-18-7-9-25-14-26-18/h4-10,14,19-21H,11-13H2,1-3H3/t19-,20?,21?,24-/m1/s1. The van der Waals surface area contributed by atoms with Crippen LogP contribution >= 0.6 is 0 Å². The quantitative estimate of drug-likeness (QED) is 0.695. The molecule has 3 aliphatic rings. The van der Waals surface area contributed by atoms with Gasteiger partial charge in [-0.1, -0.05) is 30.4 Å². The van der Waals surface area contributed by atoms with Crippen LogP contribution in [-0.4, -0.2) is 56.9 Å². The number of carbonyl (C=O) groups excluding carboxylic acids is 2. The number of fused-ring (bicyclic) bond motifs is 1. The number of aryl methyl sites for hydroxylation is 2. The summed E-state index contributed by atoms with van der Waals surface area (Å²) < 4.78 is 6.25. The summed E-state index contributed by atoms with van der Waals surface area (Å²) in [4.78, 5) is 38.4. The van der Waals surface area contributed by atoms with E-state index in [1.807, 2.05) is 17.1 Å². The van der Waals surface area contributed by atoms with Gasteiger partial charge in [-0.25, -0.2) is 9.97 Å². The van der Waals surface area contributed by atoms with Crippen LogP contribution in [0.5, 0.6) is 0 Å². The number of hydrogen-bond donors (Lipinski definition) is 0. The van der Waals surface area contributed by atoms with E-state index in [0.29, 0.717) is 19.6 Å². The normalized spacial score (nSPS) is 28.3. The first kappa shape index (κ1) is 19.9. The maximum Gasteiger partial charge on any atom is 0.230 e. The Morgan fingerprint density at radius 2 is 2.13 bits per heavy atom. The lowest BCUT2D eigenvalue weighted by Crippen LogP contribution is -2.44. The third kappa shape index (κ3) is 3.24. The third-order valence-electron chi connectivity index (χ3n) is 6.83. The van der Waals surface area contributed by atoms with Crippen LogP contribution in [0.4, 0.5) is 0 Å². The van der Waals surface area contributed by atoms with Crippen molar-refractivity contribution in [2.24, 2.45) is 11.8 Å². The van der Waals surface area contributed by atoms with Crippen molar-refractivity contribution in [3.63, 3.8) is 0 Å². The highest BCUT2D eigenvalue weighted by Gasteiger charge is 2.67. The molecule has 0 saturated carbocycles. The minimum Gasteiger partial charge on any atom is -0.360 e. The number of rotatable bonds is 5. The SMILES string of the molecule is Cc1ccc(CN2C[C@@]34C=C[C@@H](O3)C(C(=O)N(C)Cc3ccncn3)C4C2=O)cc1C. The van der Waals surface area contributed by atoms with Gasteiger partial charge in [-0.3, -0.25) is 9.59 Å². The smallest absolute Gasteiger partial charge is 0.230 e. The Hall–Kier alpha value is -3.06. The molecule has 0 aliphatic carbocycles. The molecule has 2 amide bonds. The van der Waals surface area contributed by atoms with E-state index in [0.717, 1.165) is 11.3 Å². The van der Waals surface area contributed by atoms with Crippen LogP contribution in [0.2, 0.25) is 0 Å². The van der Waals surface area contributed by atoms with Gasteiger partial charge in [0.15, 0.2) is 0 Å². The van der Waals surface area contributed by atoms with Gasteiger partial charge in [-0.05, 0) is 36.6 Å². The number of benzene rings is 1. The fourth-order valence-electron chi connectivity index (χ4n) is 5.10. The Morgan fingerprint density at radius 1 is 1.29 bits per heavy atom. The van der Waals surface area contributed by atoms with Gasteiger partial charge in [-0.2, -0.15) is 0 Å². The summed E-state index contributed by atoms with van der Waals surface area (Å²) >= 11 is 0. The lowest BCUT2D eigenvalue weighted by molar-refractivity contribution is -0.142. The topological polar surface area (TPSA) is 75.6 Å². The fourth-order valence-corrected chi connectivity index (χ4v) is 5.10. The second-order valence-electron chi connectivity index (χ2n) is 8.91. The number of aromatic nitrogens is 2. The Morgan fingerprint density at radius 3 is 2.87 bits per heavy atom. The van der Waals surface area contributed by atoms with E-state index in [1.165, 1.54) is 17.5 Å². The summed E-state index contributed by atoms with van der Waals surface area (Å²) in [5.41, 5.74) is 3.59. The Kier molecular flexibility index (Phi) is 4.66. The van der Waals surface area contributed by atoms with Crippen LogP contribution in [0.25, 0.3) is 0 Å². The van der Waals surface area contributed by atoms with Crippen LogP contribution in [0, 0.1) is 25.7 Å². The lowest BCUT2D eigenvalue weighted by atomic mass is 9.76. The van der Waals surface area contributed by atoms with Crippen LogP contribution in [-0.2, 0) is 27.4 Å². The summed E-state index contributed by atoms with van der Waals surface area (Å²) in [5, 5.41) is 0. The zero-order valence-electron chi connectivity index (χ0n) is 18.0. The molecule has 160 valence electrons. The van der Waals surface area contributed by atoms with Crippen LogP contribution in [0.3, 0.4) is 0 Å². The summed E-state index contributed by atoms with van der Waals surface area (Å²) in [6.45, 7) is 5.53. The number of amides is 2. The molecule has 4 heterocycles. The van der Waals surface area contributed by atoms with Gasteiger partial charge in [-0.15, -0.1) is 0 Å². The maximum absolute atomic E-state index is 13.4. The highest BCUT2D eigenvalue weighted by Crippen LogP contribution is 2.52. The van der Waals surface area contributed by atoms with Gasteiger partial charge < -0.3 is 14.5 Å². The summed E-state index contributed by atoms with van der Waals surface area (Å²) in [6, 6.07) is 8.06. The number of hydrogen-bond acceptors (Lipinski definition) is 5. The zero-order chi connectivity index (χ0) is 21.8. The van der Waals surface area contributed by atoms with Crippen molar-refractivity contribution in [2.45, 2.75) is 38.6 Å². The first-order valence-corrected chi connectivity index (χ1v) is 10.6. The maximum atomic E-state index is 13.4.